The first-order valence-corrected chi connectivity index (χ1v) is 10.5. The van der Waals surface area contributed by atoms with Crippen LogP contribution in [0.3, 0.4) is 0 Å². The summed E-state index contributed by atoms with van der Waals surface area (Å²) < 4.78 is 6.07. The van der Waals surface area contributed by atoms with Crippen LogP contribution >= 0.6 is 11.6 Å². The Morgan fingerprint density at radius 3 is 2.63 bits per heavy atom. The van der Waals surface area contributed by atoms with Crippen molar-refractivity contribution in [3.05, 3.63) is 64.3 Å². The van der Waals surface area contributed by atoms with Crippen molar-refractivity contribution in [1.29, 1.82) is 0 Å². The molecule has 0 aliphatic carbocycles. The van der Waals surface area contributed by atoms with Crippen molar-refractivity contribution in [3.63, 3.8) is 0 Å². The number of benzene rings is 2. The van der Waals surface area contributed by atoms with Crippen LogP contribution in [0.5, 0.6) is 11.5 Å². The SMILES string of the molecule is CCCC(=O)Cc1ccc(Oc2ccnc3cc(C)c(C(=O)NCC)cc23)cc1Cl. The minimum Gasteiger partial charge on any atom is -0.457 e. The third kappa shape index (κ3) is 4.97. The van der Waals surface area contributed by atoms with Gasteiger partial charge >= 0.3 is 0 Å². The lowest BCUT2D eigenvalue weighted by Crippen LogP contribution is -2.23. The molecule has 0 aliphatic heterocycles. The number of nitrogens with zero attached hydrogens (tertiary/aromatic N) is 1. The number of aromatic nitrogens is 1. The number of ether oxygens (including phenoxy) is 1. The molecule has 1 aromatic heterocycles. The Morgan fingerprint density at radius 2 is 1.93 bits per heavy atom. The van der Waals surface area contributed by atoms with Gasteiger partial charge < -0.3 is 10.1 Å². The Kier molecular flexibility index (Phi) is 7.06. The molecule has 30 heavy (non-hydrogen) atoms. The van der Waals surface area contributed by atoms with E-state index in [-0.39, 0.29) is 11.7 Å². The normalized spacial score (nSPS) is 10.8. The Morgan fingerprint density at radius 1 is 1.13 bits per heavy atom. The van der Waals surface area contributed by atoms with Crippen molar-refractivity contribution in [2.24, 2.45) is 0 Å². The summed E-state index contributed by atoms with van der Waals surface area (Å²) in [4.78, 5) is 28.7. The van der Waals surface area contributed by atoms with Crippen molar-refractivity contribution in [2.75, 3.05) is 6.54 Å². The number of Topliss-reactive ketones (excluding diaryl/α,β-unsaturated/α-hetero) is 1. The van der Waals surface area contributed by atoms with Crippen LogP contribution < -0.4 is 10.1 Å². The molecular weight excluding hydrogens is 400 g/mol. The van der Waals surface area contributed by atoms with E-state index in [9.17, 15) is 9.59 Å². The number of amides is 1. The molecule has 1 heterocycles. The number of carbonyl (C=O) groups is 2. The highest BCUT2D eigenvalue weighted by Gasteiger charge is 2.14. The van der Waals surface area contributed by atoms with Crippen LogP contribution in [0, 0.1) is 6.92 Å². The van der Waals surface area contributed by atoms with Crippen LogP contribution in [-0.4, -0.2) is 23.2 Å². The molecular formula is C24H25ClN2O3. The van der Waals surface area contributed by atoms with Gasteiger partial charge in [-0.15, -0.1) is 0 Å². The van der Waals surface area contributed by atoms with Crippen molar-refractivity contribution < 1.29 is 14.3 Å². The van der Waals surface area contributed by atoms with E-state index in [1.165, 1.54) is 0 Å². The molecule has 1 amide bonds. The van der Waals surface area contributed by atoms with E-state index in [1.807, 2.05) is 32.9 Å². The molecule has 0 spiro atoms. The number of hydrogen-bond donors (Lipinski definition) is 1. The van der Waals surface area contributed by atoms with Gasteiger partial charge in [-0.2, -0.15) is 0 Å². The van der Waals surface area contributed by atoms with Gasteiger partial charge in [-0.1, -0.05) is 24.6 Å². The fourth-order valence-corrected chi connectivity index (χ4v) is 3.54. The molecule has 0 aliphatic rings. The third-order valence-corrected chi connectivity index (χ3v) is 5.15. The van der Waals surface area contributed by atoms with Gasteiger partial charge in [-0.05, 0) is 61.7 Å². The fraction of sp³-hybridized carbons (Fsp3) is 0.292. The number of carbonyl (C=O) groups excluding carboxylic acids is 2. The average molecular weight is 425 g/mol. The number of nitrogens with one attached hydrogen (secondary N) is 1. The van der Waals surface area contributed by atoms with E-state index in [0.717, 1.165) is 28.5 Å². The summed E-state index contributed by atoms with van der Waals surface area (Å²) in [6.07, 6.45) is 3.36. The summed E-state index contributed by atoms with van der Waals surface area (Å²) >= 11 is 6.38. The average Bonchev–Trinajstić information content (AvgIpc) is 2.70. The lowest BCUT2D eigenvalue weighted by atomic mass is 10.0. The monoisotopic (exact) mass is 424 g/mol. The number of aryl methyl sites for hydroxylation is 1. The quantitative estimate of drug-likeness (QED) is 0.507. The number of ketones is 1. The molecule has 0 atom stereocenters. The van der Waals surface area contributed by atoms with Crippen molar-refractivity contribution in [2.45, 2.75) is 40.0 Å². The van der Waals surface area contributed by atoms with Gasteiger partial charge in [0.2, 0.25) is 0 Å². The smallest absolute Gasteiger partial charge is 0.251 e. The zero-order chi connectivity index (χ0) is 21.7. The number of hydrogen-bond acceptors (Lipinski definition) is 4. The third-order valence-electron chi connectivity index (χ3n) is 4.80. The molecule has 5 nitrogen and oxygen atoms in total. The van der Waals surface area contributed by atoms with Crippen LogP contribution in [-0.2, 0) is 11.2 Å². The van der Waals surface area contributed by atoms with Gasteiger partial charge in [0.25, 0.3) is 5.91 Å². The van der Waals surface area contributed by atoms with Gasteiger partial charge in [0.15, 0.2) is 0 Å². The van der Waals surface area contributed by atoms with E-state index in [4.69, 9.17) is 16.3 Å². The van der Waals surface area contributed by atoms with Crippen LogP contribution in [0.2, 0.25) is 5.02 Å². The van der Waals surface area contributed by atoms with Crippen LogP contribution in [0.25, 0.3) is 10.9 Å². The number of rotatable bonds is 8. The minimum absolute atomic E-state index is 0.129. The van der Waals surface area contributed by atoms with Crippen molar-refractivity contribution in [3.8, 4) is 11.5 Å². The lowest BCUT2D eigenvalue weighted by molar-refractivity contribution is -0.118. The second-order valence-electron chi connectivity index (χ2n) is 7.17. The highest BCUT2D eigenvalue weighted by molar-refractivity contribution is 6.31. The Balaban J connectivity index is 1.92. The number of pyridine rings is 1. The van der Waals surface area contributed by atoms with Crippen molar-refractivity contribution in [1.82, 2.24) is 10.3 Å². The van der Waals surface area contributed by atoms with Gasteiger partial charge in [0.05, 0.1) is 5.52 Å². The topological polar surface area (TPSA) is 68.3 Å². The standard InChI is InChI=1S/C24H25ClN2O3/c1-4-6-17(28)12-16-7-8-18(13-21(16)25)30-23-9-10-27-22-11-15(3)19(14-20(22)23)24(29)26-5-2/h7-11,13-14H,4-6,12H2,1-3H3,(H,26,29). The van der Waals surface area contributed by atoms with Crippen molar-refractivity contribution >= 4 is 34.2 Å². The highest BCUT2D eigenvalue weighted by Crippen LogP contribution is 2.32. The fourth-order valence-electron chi connectivity index (χ4n) is 3.30. The molecule has 3 rings (SSSR count). The molecule has 1 N–H and O–H groups in total. The second kappa shape index (κ2) is 9.72. The second-order valence-corrected chi connectivity index (χ2v) is 7.58. The highest BCUT2D eigenvalue weighted by atomic mass is 35.5. The lowest BCUT2D eigenvalue weighted by Gasteiger charge is -2.13. The molecule has 0 fully saturated rings. The van der Waals surface area contributed by atoms with E-state index in [2.05, 4.69) is 10.3 Å². The van der Waals surface area contributed by atoms with Gasteiger partial charge in [0, 0.05) is 41.6 Å². The molecule has 0 saturated carbocycles. The van der Waals surface area contributed by atoms with E-state index in [0.29, 0.717) is 41.5 Å². The van der Waals surface area contributed by atoms with Crippen LogP contribution in [0.15, 0.2) is 42.6 Å². The Hall–Kier alpha value is -2.92. The summed E-state index contributed by atoms with van der Waals surface area (Å²) in [5.74, 6) is 1.17. The van der Waals surface area contributed by atoms with Gasteiger partial charge in [0.1, 0.15) is 17.3 Å². The summed E-state index contributed by atoms with van der Waals surface area (Å²) in [7, 11) is 0. The Labute approximate surface area is 181 Å². The maximum absolute atomic E-state index is 12.4. The van der Waals surface area contributed by atoms with Crippen LogP contribution in [0.4, 0.5) is 0 Å². The summed E-state index contributed by atoms with van der Waals surface area (Å²) in [5.41, 5.74) is 2.97. The summed E-state index contributed by atoms with van der Waals surface area (Å²) in [6, 6.07) is 10.8. The maximum Gasteiger partial charge on any atom is 0.251 e. The molecule has 0 bridgehead atoms. The van der Waals surface area contributed by atoms with Gasteiger partial charge in [-0.25, -0.2) is 0 Å². The zero-order valence-electron chi connectivity index (χ0n) is 17.4. The summed E-state index contributed by atoms with van der Waals surface area (Å²) in [6.45, 7) is 6.30. The predicted molar refractivity (Wildman–Crippen MR) is 120 cm³/mol. The van der Waals surface area contributed by atoms with E-state index >= 15 is 0 Å². The minimum atomic E-state index is -0.129. The molecule has 156 valence electrons. The first-order chi connectivity index (χ1) is 14.4. The first kappa shape index (κ1) is 21.8. The molecule has 0 saturated heterocycles. The molecule has 3 aromatic rings. The number of fused-ring (bicyclic) bond motifs is 1. The van der Waals surface area contributed by atoms with Gasteiger partial charge in [-0.3, -0.25) is 14.6 Å². The largest absolute Gasteiger partial charge is 0.457 e. The first-order valence-electron chi connectivity index (χ1n) is 10.1. The summed E-state index contributed by atoms with van der Waals surface area (Å²) in [5, 5.41) is 4.06. The van der Waals surface area contributed by atoms with E-state index in [1.54, 1.807) is 30.5 Å². The van der Waals surface area contributed by atoms with E-state index < -0.39 is 0 Å². The maximum atomic E-state index is 12.4. The molecule has 2 aromatic carbocycles. The molecule has 0 radical (unpaired) electrons. The zero-order valence-corrected chi connectivity index (χ0v) is 18.2. The molecule has 0 unspecified atom stereocenters. The van der Waals surface area contributed by atoms with Crippen LogP contribution in [0.1, 0.15) is 48.2 Å². The predicted octanol–water partition coefficient (Wildman–Crippen LogP) is 5.65. The number of halogens is 1. The Bertz CT molecular complexity index is 1100. The molecule has 6 heteroatoms.